The third kappa shape index (κ3) is 3.99. The van der Waals surface area contributed by atoms with E-state index in [1.165, 1.54) is 24.3 Å². The highest BCUT2D eigenvalue weighted by molar-refractivity contribution is 5.93. The first-order chi connectivity index (χ1) is 8.69. The van der Waals surface area contributed by atoms with E-state index in [0.29, 0.717) is 6.29 Å². The lowest BCUT2D eigenvalue weighted by molar-refractivity contribution is -0.110. The Labute approximate surface area is 103 Å². The second-order valence-electron chi connectivity index (χ2n) is 3.20. The first-order valence-corrected chi connectivity index (χ1v) is 5.18. The molecule has 6 heteroatoms. The normalized spacial score (nSPS) is 9.61. The monoisotopic (exact) mass is 252 g/mol. The summed E-state index contributed by atoms with van der Waals surface area (Å²) in [4.78, 5) is 32.7. The van der Waals surface area contributed by atoms with Crippen molar-refractivity contribution >= 4 is 18.2 Å². The number of esters is 2. The van der Waals surface area contributed by atoms with Crippen LogP contribution in [0.2, 0.25) is 0 Å². The Kier molecular flexibility index (Phi) is 5.53. The van der Waals surface area contributed by atoms with E-state index in [2.05, 4.69) is 4.74 Å². The molecule has 1 aromatic carbocycles. The second-order valence-corrected chi connectivity index (χ2v) is 3.20. The van der Waals surface area contributed by atoms with Crippen molar-refractivity contribution in [2.45, 2.75) is 0 Å². The van der Waals surface area contributed by atoms with E-state index >= 15 is 0 Å². The van der Waals surface area contributed by atoms with Gasteiger partial charge in [0.1, 0.15) is 13.2 Å². The molecule has 0 aromatic heterocycles. The standard InChI is InChI=1S/C12H12O6/c13-5-7-17-11(15)9-1-2-10(4-3-9)12(16)18-8-6-14/h1-5,14H,6-8H2. The van der Waals surface area contributed by atoms with Crippen molar-refractivity contribution in [2.24, 2.45) is 0 Å². The number of benzene rings is 1. The number of hydrogen-bond donors (Lipinski definition) is 1. The summed E-state index contributed by atoms with van der Waals surface area (Å²) in [6, 6.07) is 5.58. The maximum absolute atomic E-state index is 11.4. The maximum atomic E-state index is 11.4. The Morgan fingerprint density at radius 3 is 2.00 bits per heavy atom. The van der Waals surface area contributed by atoms with Gasteiger partial charge in [0.2, 0.25) is 0 Å². The van der Waals surface area contributed by atoms with Gasteiger partial charge in [-0.25, -0.2) is 9.59 Å². The molecule has 1 rings (SSSR count). The van der Waals surface area contributed by atoms with Crippen molar-refractivity contribution < 1.29 is 29.0 Å². The molecule has 0 radical (unpaired) electrons. The molecule has 0 heterocycles. The molecule has 0 amide bonds. The van der Waals surface area contributed by atoms with Gasteiger partial charge in [0, 0.05) is 0 Å². The fraction of sp³-hybridized carbons (Fsp3) is 0.250. The van der Waals surface area contributed by atoms with Crippen LogP contribution in [0, 0.1) is 0 Å². The van der Waals surface area contributed by atoms with E-state index in [-0.39, 0.29) is 30.9 Å². The van der Waals surface area contributed by atoms with Gasteiger partial charge < -0.3 is 14.6 Å². The predicted octanol–water partition coefficient (Wildman–Crippen LogP) is 0.191. The zero-order valence-corrected chi connectivity index (χ0v) is 9.50. The van der Waals surface area contributed by atoms with Crippen LogP contribution in [0.4, 0.5) is 0 Å². The summed E-state index contributed by atoms with van der Waals surface area (Å²) in [6.45, 7) is -0.636. The van der Waals surface area contributed by atoms with Crippen LogP contribution < -0.4 is 0 Å². The van der Waals surface area contributed by atoms with Gasteiger partial charge in [-0.3, -0.25) is 4.79 Å². The van der Waals surface area contributed by atoms with Gasteiger partial charge in [0.25, 0.3) is 0 Å². The summed E-state index contributed by atoms with van der Waals surface area (Å²) in [5.41, 5.74) is 0.492. The number of aliphatic hydroxyl groups is 1. The number of aliphatic hydroxyl groups excluding tert-OH is 1. The third-order valence-corrected chi connectivity index (χ3v) is 1.96. The van der Waals surface area contributed by atoms with E-state index in [1.807, 2.05) is 0 Å². The molecule has 0 aliphatic rings. The van der Waals surface area contributed by atoms with Gasteiger partial charge in [-0.15, -0.1) is 0 Å². The van der Waals surface area contributed by atoms with Gasteiger partial charge in [-0.05, 0) is 24.3 Å². The number of ether oxygens (including phenoxy) is 2. The zero-order valence-electron chi connectivity index (χ0n) is 9.50. The summed E-state index contributed by atoms with van der Waals surface area (Å²) in [5, 5.41) is 8.49. The summed E-state index contributed by atoms with van der Waals surface area (Å²) in [7, 11) is 0. The third-order valence-electron chi connectivity index (χ3n) is 1.96. The fourth-order valence-corrected chi connectivity index (χ4v) is 1.16. The number of aldehydes is 1. The molecule has 0 saturated carbocycles. The molecule has 0 unspecified atom stereocenters. The van der Waals surface area contributed by atoms with Crippen molar-refractivity contribution in [2.75, 3.05) is 19.8 Å². The van der Waals surface area contributed by atoms with Gasteiger partial charge in [-0.1, -0.05) is 0 Å². The number of carbonyl (C=O) groups is 3. The molecule has 1 N–H and O–H groups in total. The fourth-order valence-electron chi connectivity index (χ4n) is 1.16. The lowest BCUT2D eigenvalue weighted by Crippen LogP contribution is -2.10. The topological polar surface area (TPSA) is 89.9 Å². The second kappa shape index (κ2) is 7.18. The molecule has 0 aliphatic heterocycles. The zero-order chi connectivity index (χ0) is 13.4. The van der Waals surface area contributed by atoms with Gasteiger partial charge in [0.05, 0.1) is 17.7 Å². The lowest BCUT2D eigenvalue weighted by atomic mass is 10.1. The van der Waals surface area contributed by atoms with Crippen LogP contribution in [-0.4, -0.2) is 43.2 Å². The number of rotatable bonds is 6. The van der Waals surface area contributed by atoms with E-state index in [0.717, 1.165) is 0 Å². The van der Waals surface area contributed by atoms with Crippen LogP contribution in [-0.2, 0) is 14.3 Å². The van der Waals surface area contributed by atoms with Crippen molar-refractivity contribution in [3.05, 3.63) is 35.4 Å². The van der Waals surface area contributed by atoms with E-state index in [1.54, 1.807) is 0 Å². The van der Waals surface area contributed by atoms with Crippen LogP contribution in [0.25, 0.3) is 0 Å². The molecule has 0 saturated heterocycles. The molecule has 0 atom stereocenters. The number of hydrogen-bond acceptors (Lipinski definition) is 6. The molecule has 1 aromatic rings. The largest absolute Gasteiger partial charge is 0.460 e. The highest BCUT2D eigenvalue weighted by Gasteiger charge is 2.10. The molecule has 96 valence electrons. The summed E-state index contributed by atoms with van der Waals surface area (Å²) in [6.07, 6.45) is 0.471. The summed E-state index contributed by atoms with van der Waals surface area (Å²) in [5.74, 6) is -1.23. The van der Waals surface area contributed by atoms with E-state index in [9.17, 15) is 14.4 Å². The van der Waals surface area contributed by atoms with Crippen LogP contribution in [0.1, 0.15) is 20.7 Å². The van der Waals surface area contributed by atoms with Crippen LogP contribution in [0.3, 0.4) is 0 Å². The molecule has 18 heavy (non-hydrogen) atoms. The van der Waals surface area contributed by atoms with Crippen molar-refractivity contribution in [1.29, 1.82) is 0 Å². The highest BCUT2D eigenvalue weighted by Crippen LogP contribution is 2.07. The Morgan fingerprint density at radius 2 is 1.56 bits per heavy atom. The minimum absolute atomic E-state index is 0.0814. The quantitative estimate of drug-likeness (QED) is 0.574. The van der Waals surface area contributed by atoms with Gasteiger partial charge in [0.15, 0.2) is 6.29 Å². The highest BCUT2D eigenvalue weighted by atomic mass is 16.5. The molecule has 0 bridgehead atoms. The first-order valence-electron chi connectivity index (χ1n) is 5.18. The smallest absolute Gasteiger partial charge is 0.338 e. The summed E-state index contributed by atoms with van der Waals surface area (Å²) >= 11 is 0. The minimum atomic E-state index is -0.641. The molecular weight excluding hydrogens is 240 g/mol. The van der Waals surface area contributed by atoms with Gasteiger partial charge >= 0.3 is 11.9 Å². The summed E-state index contributed by atoms with van der Waals surface area (Å²) < 4.78 is 9.28. The Morgan fingerprint density at radius 1 is 1.06 bits per heavy atom. The van der Waals surface area contributed by atoms with Crippen molar-refractivity contribution in [3.63, 3.8) is 0 Å². The lowest BCUT2D eigenvalue weighted by Gasteiger charge is -2.04. The average molecular weight is 252 g/mol. The van der Waals surface area contributed by atoms with E-state index < -0.39 is 11.9 Å². The Hall–Kier alpha value is -2.21. The van der Waals surface area contributed by atoms with Crippen LogP contribution >= 0.6 is 0 Å². The molecular formula is C12H12O6. The molecule has 0 aliphatic carbocycles. The average Bonchev–Trinajstić information content (AvgIpc) is 2.42. The SMILES string of the molecule is O=CCOC(=O)c1ccc(C(=O)OCCO)cc1. The van der Waals surface area contributed by atoms with Gasteiger partial charge in [-0.2, -0.15) is 0 Å². The van der Waals surface area contributed by atoms with Crippen LogP contribution in [0.5, 0.6) is 0 Å². The van der Waals surface area contributed by atoms with Crippen LogP contribution in [0.15, 0.2) is 24.3 Å². The van der Waals surface area contributed by atoms with E-state index in [4.69, 9.17) is 9.84 Å². The Bertz CT molecular complexity index is 423. The van der Waals surface area contributed by atoms with Crippen molar-refractivity contribution in [3.8, 4) is 0 Å². The number of carbonyl (C=O) groups excluding carboxylic acids is 3. The molecule has 6 nitrogen and oxygen atoms in total. The predicted molar refractivity (Wildman–Crippen MR) is 60.2 cm³/mol. The molecule has 0 fully saturated rings. The van der Waals surface area contributed by atoms with Crippen molar-refractivity contribution in [1.82, 2.24) is 0 Å². The maximum Gasteiger partial charge on any atom is 0.338 e. The minimum Gasteiger partial charge on any atom is -0.460 e. The first kappa shape index (κ1) is 13.9. The molecule has 0 spiro atoms. The Balaban J connectivity index is 2.64.